The number of carbonyl (C=O) groups excluding carboxylic acids is 2. The number of aromatic amines is 1. The van der Waals surface area contributed by atoms with Crippen LogP contribution in [-0.4, -0.2) is 40.0 Å². The lowest BCUT2D eigenvalue weighted by Gasteiger charge is -2.27. The van der Waals surface area contributed by atoms with Crippen LogP contribution >= 0.6 is 0 Å². The van der Waals surface area contributed by atoms with Crippen LogP contribution in [0.5, 0.6) is 0 Å². The predicted molar refractivity (Wildman–Crippen MR) is 99.6 cm³/mol. The van der Waals surface area contributed by atoms with Crippen LogP contribution in [0.15, 0.2) is 24.3 Å². The fraction of sp³-hybridized carbons (Fsp3) is 0.450. The Bertz CT molecular complexity index is 831. The van der Waals surface area contributed by atoms with Gasteiger partial charge < -0.3 is 10.2 Å². The van der Waals surface area contributed by atoms with Gasteiger partial charge >= 0.3 is 0 Å². The van der Waals surface area contributed by atoms with E-state index in [1.54, 1.807) is 23.1 Å². The van der Waals surface area contributed by atoms with Crippen LogP contribution in [0.25, 0.3) is 0 Å². The highest BCUT2D eigenvalue weighted by atomic mass is 19.1. The number of carbonyl (C=O) groups is 2. The zero-order valence-electron chi connectivity index (χ0n) is 15.7. The average Bonchev–Trinajstić information content (AvgIpc) is 3.06. The summed E-state index contributed by atoms with van der Waals surface area (Å²) in [5, 5.41) is 9.95. The first kappa shape index (κ1) is 19.1. The number of rotatable bonds is 6. The summed E-state index contributed by atoms with van der Waals surface area (Å²) in [6.07, 6.45) is 1.51. The van der Waals surface area contributed by atoms with Crippen LogP contribution < -0.4 is 5.32 Å². The number of amides is 2. The minimum Gasteiger partial charge on any atom is -0.351 e. The molecule has 2 amide bonds. The molecule has 0 radical (unpaired) electrons. The summed E-state index contributed by atoms with van der Waals surface area (Å²) in [5.41, 5.74) is 2.37. The summed E-state index contributed by atoms with van der Waals surface area (Å²) in [6.45, 7) is 5.63. The van der Waals surface area contributed by atoms with E-state index in [4.69, 9.17) is 0 Å². The maximum absolute atomic E-state index is 13.8. The molecule has 0 bridgehead atoms. The first-order chi connectivity index (χ1) is 13.0. The van der Waals surface area contributed by atoms with Gasteiger partial charge in [0.2, 0.25) is 5.91 Å². The summed E-state index contributed by atoms with van der Waals surface area (Å²) in [6, 6.07) is 6.29. The van der Waals surface area contributed by atoms with Crippen LogP contribution in [0.2, 0.25) is 0 Å². The lowest BCUT2D eigenvalue weighted by atomic mass is 10.0. The summed E-state index contributed by atoms with van der Waals surface area (Å²) in [4.78, 5) is 26.7. The highest BCUT2D eigenvalue weighted by molar-refractivity contribution is 5.94. The van der Waals surface area contributed by atoms with Crippen molar-refractivity contribution in [3.05, 3.63) is 52.6 Å². The SMILES string of the molecule is CC(C)CCNC(=O)c1n[nH]c2c1CN(C(=O)Cc1ccccc1F)CC2. The van der Waals surface area contributed by atoms with Crippen LogP contribution in [0, 0.1) is 11.7 Å². The number of hydrogen-bond donors (Lipinski definition) is 2. The molecule has 0 fully saturated rings. The van der Waals surface area contributed by atoms with Crippen molar-refractivity contribution in [2.75, 3.05) is 13.1 Å². The minimum atomic E-state index is -0.378. The molecular weight excluding hydrogens is 347 g/mol. The third kappa shape index (κ3) is 4.53. The van der Waals surface area contributed by atoms with Gasteiger partial charge in [-0.05, 0) is 24.0 Å². The van der Waals surface area contributed by atoms with Crippen LogP contribution in [0.3, 0.4) is 0 Å². The molecule has 2 N–H and O–H groups in total. The lowest BCUT2D eigenvalue weighted by molar-refractivity contribution is -0.131. The van der Waals surface area contributed by atoms with E-state index in [0.29, 0.717) is 43.2 Å². The molecule has 6 nitrogen and oxygen atoms in total. The van der Waals surface area contributed by atoms with Gasteiger partial charge in [-0.15, -0.1) is 0 Å². The van der Waals surface area contributed by atoms with Gasteiger partial charge in [-0.3, -0.25) is 14.7 Å². The highest BCUT2D eigenvalue weighted by Gasteiger charge is 2.28. The first-order valence-electron chi connectivity index (χ1n) is 9.31. The van der Waals surface area contributed by atoms with Crippen molar-refractivity contribution >= 4 is 11.8 Å². The Kier molecular flexibility index (Phi) is 5.88. The average molecular weight is 372 g/mol. The zero-order valence-corrected chi connectivity index (χ0v) is 15.7. The van der Waals surface area contributed by atoms with E-state index in [0.717, 1.165) is 17.7 Å². The molecule has 27 heavy (non-hydrogen) atoms. The number of nitrogens with one attached hydrogen (secondary N) is 2. The van der Waals surface area contributed by atoms with Gasteiger partial charge in [0.25, 0.3) is 5.91 Å². The van der Waals surface area contributed by atoms with Crippen molar-refractivity contribution in [3.8, 4) is 0 Å². The Hall–Kier alpha value is -2.70. The van der Waals surface area contributed by atoms with Gasteiger partial charge in [0, 0.05) is 37.3 Å². The van der Waals surface area contributed by atoms with E-state index in [9.17, 15) is 14.0 Å². The fourth-order valence-electron chi connectivity index (χ4n) is 3.17. The fourth-order valence-corrected chi connectivity index (χ4v) is 3.17. The topological polar surface area (TPSA) is 78.1 Å². The molecule has 1 aromatic heterocycles. The molecule has 0 saturated carbocycles. The van der Waals surface area contributed by atoms with Gasteiger partial charge in [-0.1, -0.05) is 32.0 Å². The third-order valence-electron chi connectivity index (χ3n) is 4.81. The Morgan fingerprint density at radius 1 is 1.33 bits per heavy atom. The molecule has 3 rings (SSSR count). The van der Waals surface area contributed by atoms with E-state index in [-0.39, 0.29) is 24.1 Å². The highest BCUT2D eigenvalue weighted by Crippen LogP contribution is 2.21. The largest absolute Gasteiger partial charge is 0.351 e. The standard InChI is InChI=1S/C20H25FN4O2/c1-13(2)7-9-22-20(27)19-15-12-25(10-8-17(15)23-24-19)18(26)11-14-5-3-4-6-16(14)21/h3-6,13H,7-12H2,1-2H3,(H,22,27)(H,23,24). The van der Waals surface area contributed by atoms with Crippen LogP contribution in [0.1, 0.15) is 47.6 Å². The lowest BCUT2D eigenvalue weighted by Crippen LogP contribution is -2.38. The maximum Gasteiger partial charge on any atom is 0.272 e. The molecule has 1 aliphatic rings. The van der Waals surface area contributed by atoms with E-state index in [1.807, 2.05) is 0 Å². The monoisotopic (exact) mass is 372 g/mol. The normalized spacial score (nSPS) is 13.6. The number of benzene rings is 1. The second-order valence-electron chi connectivity index (χ2n) is 7.30. The molecule has 1 aromatic carbocycles. The molecule has 144 valence electrons. The third-order valence-corrected chi connectivity index (χ3v) is 4.81. The van der Waals surface area contributed by atoms with Crippen molar-refractivity contribution in [3.63, 3.8) is 0 Å². The molecule has 2 heterocycles. The van der Waals surface area contributed by atoms with Gasteiger partial charge in [0.05, 0.1) is 6.42 Å². The molecule has 1 aliphatic heterocycles. The summed E-state index contributed by atoms with van der Waals surface area (Å²) < 4.78 is 13.8. The molecule has 0 spiro atoms. The summed E-state index contributed by atoms with van der Waals surface area (Å²) in [5.74, 6) is -0.253. The van der Waals surface area contributed by atoms with E-state index in [1.165, 1.54) is 6.07 Å². The van der Waals surface area contributed by atoms with Crippen molar-refractivity contribution in [1.82, 2.24) is 20.4 Å². The number of fused-ring (bicyclic) bond motifs is 1. The van der Waals surface area contributed by atoms with Gasteiger partial charge in [-0.2, -0.15) is 5.10 Å². The minimum absolute atomic E-state index is 0.00970. The molecular formula is C20H25FN4O2. The van der Waals surface area contributed by atoms with E-state index >= 15 is 0 Å². The molecule has 2 aromatic rings. The molecule has 0 atom stereocenters. The molecule has 0 aliphatic carbocycles. The molecule has 0 saturated heterocycles. The van der Waals surface area contributed by atoms with Gasteiger partial charge in [0.15, 0.2) is 5.69 Å². The summed E-state index contributed by atoms with van der Waals surface area (Å²) >= 11 is 0. The van der Waals surface area contributed by atoms with E-state index in [2.05, 4.69) is 29.4 Å². The first-order valence-corrected chi connectivity index (χ1v) is 9.31. The number of hydrogen-bond acceptors (Lipinski definition) is 3. The number of H-pyrrole nitrogens is 1. The van der Waals surface area contributed by atoms with Crippen LogP contribution in [0.4, 0.5) is 4.39 Å². The number of nitrogens with zero attached hydrogens (tertiary/aromatic N) is 2. The van der Waals surface area contributed by atoms with Crippen LogP contribution in [-0.2, 0) is 24.2 Å². The van der Waals surface area contributed by atoms with Crippen molar-refractivity contribution < 1.29 is 14.0 Å². The Morgan fingerprint density at radius 2 is 2.11 bits per heavy atom. The Labute approximate surface area is 158 Å². The number of aromatic nitrogens is 2. The number of halogens is 1. The van der Waals surface area contributed by atoms with E-state index < -0.39 is 0 Å². The second-order valence-corrected chi connectivity index (χ2v) is 7.30. The predicted octanol–water partition coefficient (Wildman–Crippen LogP) is 2.45. The summed E-state index contributed by atoms with van der Waals surface area (Å²) in [7, 11) is 0. The van der Waals surface area contributed by atoms with Crippen molar-refractivity contribution in [2.45, 2.75) is 39.7 Å². The quantitative estimate of drug-likeness (QED) is 0.818. The maximum atomic E-state index is 13.8. The second kappa shape index (κ2) is 8.33. The zero-order chi connectivity index (χ0) is 19.4. The Morgan fingerprint density at radius 3 is 2.85 bits per heavy atom. The smallest absolute Gasteiger partial charge is 0.272 e. The Balaban J connectivity index is 1.66. The van der Waals surface area contributed by atoms with Crippen molar-refractivity contribution in [2.24, 2.45) is 5.92 Å². The molecule has 0 unspecified atom stereocenters. The molecule has 7 heteroatoms. The van der Waals surface area contributed by atoms with Gasteiger partial charge in [-0.25, -0.2) is 4.39 Å². The van der Waals surface area contributed by atoms with Crippen molar-refractivity contribution in [1.29, 1.82) is 0 Å². The van der Waals surface area contributed by atoms with Gasteiger partial charge in [0.1, 0.15) is 5.82 Å².